The molecule has 110 valence electrons. The third-order valence-electron chi connectivity index (χ3n) is 3.72. The summed E-state index contributed by atoms with van der Waals surface area (Å²) in [6.07, 6.45) is 4.25. The Labute approximate surface area is 115 Å². The van der Waals surface area contributed by atoms with Crippen LogP contribution in [0.5, 0.6) is 0 Å². The maximum atomic E-state index is 12.4. The van der Waals surface area contributed by atoms with Gasteiger partial charge in [-0.1, -0.05) is 12.8 Å². The summed E-state index contributed by atoms with van der Waals surface area (Å²) < 4.78 is 0. The zero-order chi connectivity index (χ0) is 14.7. The predicted octanol–water partition coefficient (Wildman–Crippen LogP) is 2.60. The van der Waals surface area contributed by atoms with Gasteiger partial charge in [0.2, 0.25) is 0 Å². The Morgan fingerprint density at radius 3 is 2.21 bits per heavy atom. The van der Waals surface area contributed by atoms with E-state index in [2.05, 4.69) is 12.2 Å². The van der Waals surface area contributed by atoms with Crippen molar-refractivity contribution in [2.45, 2.75) is 70.9 Å². The van der Waals surface area contributed by atoms with Crippen LogP contribution in [0.4, 0.5) is 4.79 Å². The number of rotatable bonds is 4. The number of amides is 2. The van der Waals surface area contributed by atoms with Crippen LogP contribution < -0.4 is 5.32 Å². The quantitative estimate of drug-likeness (QED) is 0.825. The van der Waals surface area contributed by atoms with Crippen LogP contribution >= 0.6 is 0 Å². The molecule has 0 unspecified atom stereocenters. The van der Waals surface area contributed by atoms with E-state index in [-0.39, 0.29) is 30.1 Å². The largest absolute Gasteiger partial charge is 0.481 e. The zero-order valence-electron chi connectivity index (χ0n) is 12.5. The van der Waals surface area contributed by atoms with Crippen molar-refractivity contribution in [1.82, 2.24) is 10.2 Å². The van der Waals surface area contributed by atoms with E-state index < -0.39 is 5.97 Å². The van der Waals surface area contributed by atoms with E-state index in [1.807, 2.05) is 20.8 Å². The van der Waals surface area contributed by atoms with Crippen LogP contribution in [0.2, 0.25) is 0 Å². The molecule has 0 spiro atoms. The van der Waals surface area contributed by atoms with E-state index in [0.717, 1.165) is 25.7 Å². The van der Waals surface area contributed by atoms with Gasteiger partial charge in [-0.3, -0.25) is 4.79 Å². The highest BCUT2D eigenvalue weighted by molar-refractivity contribution is 5.76. The van der Waals surface area contributed by atoms with Gasteiger partial charge in [-0.05, 0) is 40.5 Å². The molecule has 0 bridgehead atoms. The van der Waals surface area contributed by atoms with Crippen molar-refractivity contribution in [2.24, 2.45) is 0 Å². The summed E-state index contributed by atoms with van der Waals surface area (Å²) in [5.74, 6) is -0.880. The second-order valence-electron chi connectivity index (χ2n) is 6.66. The first-order valence-electron chi connectivity index (χ1n) is 6.96. The van der Waals surface area contributed by atoms with E-state index in [1.54, 1.807) is 4.90 Å². The molecule has 1 aliphatic rings. The average Bonchev–Trinajstić information content (AvgIpc) is 2.62. The first-order chi connectivity index (χ1) is 8.64. The predicted molar refractivity (Wildman–Crippen MR) is 74.1 cm³/mol. The third-order valence-corrected chi connectivity index (χ3v) is 3.72. The Balaban J connectivity index is 2.68. The average molecular weight is 270 g/mol. The minimum atomic E-state index is -0.880. The van der Waals surface area contributed by atoms with Crippen LogP contribution in [0.15, 0.2) is 0 Å². The highest BCUT2D eigenvalue weighted by atomic mass is 16.4. The standard InChI is InChI=1S/C14H26N2O3/c1-13(2,3)16(10-7-11(17)18)12(19)15-14(4)8-5-6-9-14/h5-10H2,1-4H3,(H,15,19)(H,17,18). The van der Waals surface area contributed by atoms with Crippen LogP contribution in [0.1, 0.15) is 59.8 Å². The molecule has 1 rings (SSSR count). The van der Waals surface area contributed by atoms with Crippen LogP contribution in [-0.4, -0.2) is 39.6 Å². The van der Waals surface area contributed by atoms with Crippen LogP contribution in [-0.2, 0) is 4.79 Å². The molecule has 0 aromatic heterocycles. The fourth-order valence-electron chi connectivity index (χ4n) is 2.56. The van der Waals surface area contributed by atoms with Gasteiger partial charge in [0.25, 0.3) is 0 Å². The molecule has 19 heavy (non-hydrogen) atoms. The Bertz CT molecular complexity index is 341. The molecule has 1 fully saturated rings. The highest BCUT2D eigenvalue weighted by Gasteiger charge is 2.34. The SMILES string of the molecule is CC1(NC(=O)N(CCC(=O)O)C(C)(C)C)CCCC1. The van der Waals surface area contributed by atoms with Gasteiger partial charge in [-0.25, -0.2) is 4.79 Å². The van der Waals surface area contributed by atoms with Crippen molar-refractivity contribution in [1.29, 1.82) is 0 Å². The highest BCUT2D eigenvalue weighted by Crippen LogP contribution is 2.29. The maximum absolute atomic E-state index is 12.4. The Kier molecular flexibility index (Phi) is 4.82. The van der Waals surface area contributed by atoms with Crippen molar-refractivity contribution >= 4 is 12.0 Å². The van der Waals surface area contributed by atoms with Gasteiger partial charge in [-0.2, -0.15) is 0 Å². The zero-order valence-corrected chi connectivity index (χ0v) is 12.5. The number of aliphatic carboxylic acids is 1. The summed E-state index contributed by atoms with van der Waals surface area (Å²) in [7, 11) is 0. The molecule has 5 heteroatoms. The number of hydrogen-bond acceptors (Lipinski definition) is 2. The Hall–Kier alpha value is -1.26. The molecule has 0 aliphatic heterocycles. The van der Waals surface area contributed by atoms with E-state index in [0.29, 0.717) is 0 Å². The molecule has 1 saturated carbocycles. The molecule has 0 saturated heterocycles. The lowest BCUT2D eigenvalue weighted by atomic mass is 10.0. The van der Waals surface area contributed by atoms with E-state index >= 15 is 0 Å². The smallest absolute Gasteiger partial charge is 0.318 e. The lowest BCUT2D eigenvalue weighted by Crippen LogP contribution is -2.56. The monoisotopic (exact) mass is 270 g/mol. The summed E-state index contributed by atoms with van der Waals surface area (Å²) in [6, 6.07) is -0.154. The summed E-state index contributed by atoms with van der Waals surface area (Å²) in [5, 5.41) is 11.9. The number of hydrogen-bond donors (Lipinski definition) is 2. The summed E-state index contributed by atoms with van der Waals surface area (Å²) >= 11 is 0. The van der Waals surface area contributed by atoms with Gasteiger partial charge in [0, 0.05) is 17.6 Å². The van der Waals surface area contributed by atoms with Crippen LogP contribution in [0, 0.1) is 0 Å². The lowest BCUT2D eigenvalue weighted by Gasteiger charge is -2.38. The van der Waals surface area contributed by atoms with Crippen LogP contribution in [0.25, 0.3) is 0 Å². The van der Waals surface area contributed by atoms with Crippen molar-refractivity contribution in [2.75, 3.05) is 6.54 Å². The van der Waals surface area contributed by atoms with Gasteiger partial charge in [-0.15, -0.1) is 0 Å². The van der Waals surface area contributed by atoms with Gasteiger partial charge in [0.1, 0.15) is 0 Å². The number of nitrogens with zero attached hydrogens (tertiary/aromatic N) is 1. The minimum absolute atomic E-state index is 0.0264. The molecule has 0 heterocycles. The summed E-state index contributed by atoms with van der Waals surface area (Å²) in [6.45, 7) is 8.07. The first-order valence-corrected chi connectivity index (χ1v) is 6.96. The van der Waals surface area contributed by atoms with Crippen LogP contribution in [0.3, 0.4) is 0 Å². The third kappa shape index (κ3) is 4.73. The molecule has 0 atom stereocenters. The number of carboxylic acid groups (broad SMARTS) is 1. The number of nitrogens with one attached hydrogen (secondary N) is 1. The summed E-state index contributed by atoms with van der Waals surface area (Å²) in [5.41, 5.74) is -0.516. The number of carbonyl (C=O) groups excluding carboxylic acids is 1. The second-order valence-corrected chi connectivity index (χ2v) is 6.66. The van der Waals surface area contributed by atoms with E-state index in [1.165, 1.54) is 0 Å². The van der Waals surface area contributed by atoms with Crippen molar-refractivity contribution in [3.05, 3.63) is 0 Å². The summed E-state index contributed by atoms with van der Waals surface area (Å²) in [4.78, 5) is 24.7. The molecule has 2 amide bonds. The first kappa shape index (κ1) is 15.8. The second kappa shape index (κ2) is 5.80. The number of carboxylic acids is 1. The Morgan fingerprint density at radius 1 is 1.26 bits per heavy atom. The maximum Gasteiger partial charge on any atom is 0.318 e. The molecule has 0 radical (unpaired) electrons. The minimum Gasteiger partial charge on any atom is -0.481 e. The molecule has 5 nitrogen and oxygen atoms in total. The lowest BCUT2D eigenvalue weighted by molar-refractivity contribution is -0.137. The normalized spacial score (nSPS) is 18.1. The molecule has 0 aromatic carbocycles. The molecular formula is C14H26N2O3. The fourth-order valence-corrected chi connectivity index (χ4v) is 2.56. The molecule has 2 N–H and O–H groups in total. The van der Waals surface area contributed by atoms with Gasteiger partial charge >= 0.3 is 12.0 Å². The van der Waals surface area contributed by atoms with Crippen molar-refractivity contribution < 1.29 is 14.7 Å². The van der Waals surface area contributed by atoms with E-state index in [4.69, 9.17) is 5.11 Å². The van der Waals surface area contributed by atoms with Crippen molar-refractivity contribution in [3.63, 3.8) is 0 Å². The van der Waals surface area contributed by atoms with Crippen molar-refractivity contribution in [3.8, 4) is 0 Å². The Morgan fingerprint density at radius 2 is 1.79 bits per heavy atom. The molecule has 1 aliphatic carbocycles. The number of carbonyl (C=O) groups is 2. The fraction of sp³-hybridized carbons (Fsp3) is 0.857. The van der Waals surface area contributed by atoms with Gasteiger partial charge in [0.15, 0.2) is 0 Å². The van der Waals surface area contributed by atoms with E-state index in [9.17, 15) is 9.59 Å². The number of urea groups is 1. The topological polar surface area (TPSA) is 69.6 Å². The molecular weight excluding hydrogens is 244 g/mol. The van der Waals surface area contributed by atoms with Gasteiger partial charge in [0.05, 0.1) is 6.42 Å². The molecule has 0 aromatic rings. The van der Waals surface area contributed by atoms with Gasteiger partial charge < -0.3 is 15.3 Å².